The Kier molecular flexibility index (Phi) is 5.03. The van der Waals surface area contributed by atoms with Gasteiger partial charge in [-0.2, -0.15) is 0 Å². The summed E-state index contributed by atoms with van der Waals surface area (Å²) in [5, 5.41) is 0.414. The number of carbonyl (C=O) groups is 1. The van der Waals surface area contributed by atoms with Crippen LogP contribution < -0.4 is 0 Å². The number of likely N-dealkylation sites (tertiary alicyclic amines) is 1. The van der Waals surface area contributed by atoms with Gasteiger partial charge in [-0.25, -0.2) is 4.98 Å². The van der Waals surface area contributed by atoms with Gasteiger partial charge in [-0.15, -0.1) is 0 Å². The second-order valence-corrected chi connectivity index (χ2v) is 6.17. The van der Waals surface area contributed by atoms with E-state index in [1.54, 1.807) is 6.07 Å². The number of amides is 1. The summed E-state index contributed by atoms with van der Waals surface area (Å²) in [6.07, 6.45) is 4.13. The quantitative estimate of drug-likeness (QED) is 0.791. The number of hydrogen-bond acceptors (Lipinski definition) is 2. The molecule has 1 amide bonds. The van der Waals surface area contributed by atoms with E-state index in [1.807, 2.05) is 11.0 Å². The van der Waals surface area contributed by atoms with E-state index < -0.39 is 0 Å². The van der Waals surface area contributed by atoms with Crippen molar-refractivity contribution in [3.63, 3.8) is 0 Å². The third-order valence-corrected chi connectivity index (χ3v) is 4.43. The maximum atomic E-state index is 12.7. The number of halogens is 1. The van der Waals surface area contributed by atoms with Crippen molar-refractivity contribution >= 4 is 17.5 Å². The average molecular weight is 295 g/mol. The van der Waals surface area contributed by atoms with Crippen LogP contribution in [-0.2, 0) is 6.42 Å². The van der Waals surface area contributed by atoms with Crippen LogP contribution in [0.15, 0.2) is 12.1 Å². The number of nitrogens with zero attached hydrogens (tertiary/aromatic N) is 2. The Morgan fingerprint density at radius 2 is 2.20 bits per heavy atom. The molecule has 1 aliphatic heterocycles. The lowest BCUT2D eigenvalue weighted by atomic mass is 9.91. The second-order valence-electron chi connectivity index (χ2n) is 5.78. The third kappa shape index (κ3) is 3.32. The van der Waals surface area contributed by atoms with E-state index in [4.69, 9.17) is 11.6 Å². The van der Waals surface area contributed by atoms with Gasteiger partial charge in [0.15, 0.2) is 0 Å². The molecule has 4 heteroatoms. The van der Waals surface area contributed by atoms with Gasteiger partial charge in [0.05, 0.1) is 0 Å². The first-order valence-electron chi connectivity index (χ1n) is 7.50. The molecule has 20 heavy (non-hydrogen) atoms. The van der Waals surface area contributed by atoms with E-state index >= 15 is 0 Å². The molecule has 3 nitrogen and oxygen atoms in total. The molecule has 1 saturated heterocycles. The van der Waals surface area contributed by atoms with Crippen LogP contribution in [0.4, 0.5) is 0 Å². The van der Waals surface area contributed by atoms with Crippen molar-refractivity contribution in [3.8, 4) is 0 Å². The Morgan fingerprint density at radius 3 is 2.90 bits per heavy atom. The fourth-order valence-electron chi connectivity index (χ4n) is 2.85. The molecular formula is C16H23ClN2O. The molecular weight excluding hydrogens is 272 g/mol. The lowest BCUT2D eigenvalue weighted by molar-refractivity contribution is 0.0551. The minimum atomic E-state index is 0.0886. The standard InChI is InChI=1S/C16H23ClN2O/c1-4-6-14-9-13(10-15(17)18-14)16(20)19-8-5-7-11(2)12(19)3/h9-12H,4-8H2,1-3H3. The van der Waals surface area contributed by atoms with Crippen molar-refractivity contribution in [2.45, 2.75) is 52.5 Å². The minimum absolute atomic E-state index is 0.0886. The van der Waals surface area contributed by atoms with Crippen LogP contribution in [0.25, 0.3) is 0 Å². The normalized spacial score (nSPS) is 22.9. The predicted molar refractivity (Wildman–Crippen MR) is 82.1 cm³/mol. The van der Waals surface area contributed by atoms with Gasteiger partial charge in [-0.05, 0) is 44.2 Å². The molecule has 0 N–H and O–H groups in total. The first-order chi connectivity index (χ1) is 9.52. The third-order valence-electron chi connectivity index (χ3n) is 4.23. The minimum Gasteiger partial charge on any atom is -0.336 e. The molecule has 2 heterocycles. The molecule has 0 aromatic carbocycles. The fraction of sp³-hybridized carbons (Fsp3) is 0.625. The first-order valence-corrected chi connectivity index (χ1v) is 7.88. The Balaban J connectivity index is 2.23. The largest absolute Gasteiger partial charge is 0.336 e. The fourth-order valence-corrected chi connectivity index (χ4v) is 3.07. The van der Waals surface area contributed by atoms with E-state index in [-0.39, 0.29) is 11.9 Å². The summed E-state index contributed by atoms with van der Waals surface area (Å²) in [6, 6.07) is 3.87. The summed E-state index contributed by atoms with van der Waals surface area (Å²) < 4.78 is 0. The van der Waals surface area contributed by atoms with Crippen LogP contribution in [0.2, 0.25) is 5.15 Å². The van der Waals surface area contributed by atoms with E-state index in [9.17, 15) is 4.79 Å². The molecule has 2 rings (SSSR count). The first kappa shape index (κ1) is 15.3. The molecule has 1 aliphatic rings. The van der Waals surface area contributed by atoms with Crippen LogP contribution in [0.1, 0.15) is 56.1 Å². The molecule has 110 valence electrons. The SMILES string of the molecule is CCCc1cc(C(=O)N2CCCC(C)C2C)cc(Cl)n1. The molecule has 0 radical (unpaired) electrons. The van der Waals surface area contributed by atoms with Crippen molar-refractivity contribution in [2.24, 2.45) is 5.92 Å². The zero-order valence-corrected chi connectivity index (χ0v) is 13.3. The number of aryl methyl sites for hydroxylation is 1. The van der Waals surface area contributed by atoms with Crippen molar-refractivity contribution in [1.82, 2.24) is 9.88 Å². The monoisotopic (exact) mass is 294 g/mol. The summed E-state index contributed by atoms with van der Waals surface area (Å²) >= 11 is 6.05. The maximum Gasteiger partial charge on any atom is 0.254 e. The van der Waals surface area contributed by atoms with Gasteiger partial charge in [0, 0.05) is 23.8 Å². The Morgan fingerprint density at radius 1 is 1.45 bits per heavy atom. The van der Waals surface area contributed by atoms with E-state index in [0.717, 1.165) is 31.5 Å². The average Bonchev–Trinajstić information content (AvgIpc) is 2.41. The number of piperidine rings is 1. The van der Waals surface area contributed by atoms with E-state index in [2.05, 4.69) is 25.8 Å². The van der Waals surface area contributed by atoms with Crippen molar-refractivity contribution in [1.29, 1.82) is 0 Å². The summed E-state index contributed by atoms with van der Waals surface area (Å²) in [7, 11) is 0. The maximum absolute atomic E-state index is 12.7. The van der Waals surface area contributed by atoms with Crippen molar-refractivity contribution in [3.05, 3.63) is 28.5 Å². The smallest absolute Gasteiger partial charge is 0.254 e. The number of aromatic nitrogens is 1. The molecule has 0 spiro atoms. The summed E-state index contributed by atoms with van der Waals surface area (Å²) in [4.78, 5) is 19.0. The molecule has 0 aliphatic carbocycles. The predicted octanol–water partition coefficient (Wildman–Crippen LogP) is 3.95. The van der Waals surface area contributed by atoms with Crippen LogP contribution in [0.5, 0.6) is 0 Å². The van der Waals surface area contributed by atoms with Crippen LogP contribution in [0.3, 0.4) is 0 Å². The van der Waals surface area contributed by atoms with Gasteiger partial charge in [-0.3, -0.25) is 4.79 Å². The summed E-state index contributed by atoms with van der Waals surface area (Å²) in [6.45, 7) is 7.29. The summed E-state index contributed by atoms with van der Waals surface area (Å²) in [5.41, 5.74) is 1.58. The Labute approximate surface area is 126 Å². The van der Waals surface area contributed by atoms with Gasteiger partial charge in [0.25, 0.3) is 5.91 Å². The number of rotatable bonds is 3. The zero-order valence-electron chi connectivity index (χ0n) is 12.5. The molecule has 0 saturated carbocycles. The lowest BCUT2D eigenvalue weighted by Gasteiger charge is -2.38. The molecule has 1 fully saturated rings. The van der Waals surface area contributed by atoms with E-state index in [0.29, 0.717) is 16.6 Å². The van der Waals surface area contributed by atoms with Crippen LogP contribution in [0, 0.1) is 5.92 Å². The van der Waals surface area contributed by atoms with Gasteiger partial charge >= 0.3 is 0 Å². The van der Waals surface area contributed by atoms with E-state index in [1.165, 1.54) is 6.42 Å². The highest BCUT2D eigenvalue weighted by molar-refractivity contribution is 6.29. The highest BCUT2D eigenvalue weighted by atomic mass is 35.5. The number of pyridine rings is 1. The second kappa shape index (κ2) is 6.57. The lowest BCUT2D eigenvalue weighted by Crippen LogP contribution is -2.46. The van der Waals surface area contributed by atoms with Gasteiger partial charge < -0.3 is 4.90 Å². The topological polar surface area (TPSA) is 33.2 Å². The molecule has 1 aromatic heterocycles. The van der Waals surface area contributed by atoms with Crippen LogP contribution >= 0.6 is 11.6 Å². The van der Waals surface area contributed by atoms with Gasteiger partial charge in [0.2, 0.25) is 0 Å². The number of hydrogen-bond donors (Lipinski definition) is 0. The van der Waals surface area contributed by atoms with Crippen LogP contribution in [-0.4, -0.2) is 28.4 Å². The molecule has 2 atom stereocenters. The summed E-state index contributed by atoms with van der Waals surface area (Å²) in [5.74, 6) is 0.644. The van der Waals surface area contributed by atoms with Gasteiger partial charge in [-0.1, -0.05) is 31.9 Å². The van der Waals surface area contributed by atoms with Crippen molar-refractivity contribution < 1.29 is 4.79 Å². The van der Waals surface area contributed by atoms with Crippen molar-refractivity contribution in [2.75, 3.05) is 6.54 Å². The van der Waals surface area contributed by atoms with Gasteiger partial charge in [0.1, 0.15) is 5.15 Å². The molecule has 2 unspecified atom stereocenters. The molecule has 1 aromatic rings. The Hall–Kier alpha value is -1.09. The Bertz CT molecular complexity index is 489. The highest BCUT2D eigenvalue weighted by Crippen LogP contribution is 2.25. The zero-order chi connectivity index (χ0) is 14.7. The highest BCUT2D eigenvalue weighted by Gasteiger charge is 2.29. The number of carbonyl (C=O) groups excluding carboxylic acids is 1. The molecule has 0 bridgehead atoms.